The highest BCUT2D eigenvalue weighted by molar-refractivity contribution is 5.82. The summed E-state index contributed by atoms with van der Waals surface area (Å²) in [7, 11) is 2.11. The van der Waals surface area contributed by atoms with Gasteiger partial charge in [0.15, 0.2) is 0 Å². The maximum absolute atomic E-state index is 12.8. The molecule has 6 nitrogen and oxygen atoms in total. The molecule has 0 spiro atoms. The van der Waals surface area contributed by atoms with Crippen molar-refractivity contribution in [1.29, 1.82) is 0 Å². The summed E-state index contributed by atoms with van der Waals surface area (Å²) in [6.07, 6.45) is 5.60. The van der Waals surface area contributed by atoms with E-state index in [1.807, 2.05) is 12.3 Å². The third-order valence-electron chi connectivity index (χ3n) is 5.42. The highest BCUT2D eigenvalue weighted by Gasteiger charge is 2.30. The molecule has 2 aromatic rings. The second-order valence-corrected chi connectivity index (χ2v) is 7.18. The molecule has 0 N–H and O–H groups in total. The van der Waals surface area contributed by atoms with Crippen LogP contribution in [-0.4, -0.2) is 72.0 Å². The molecule has 2 aliphatic heterocycles. The number of carbonyl (C=O) groups excluding carboxylic acids is 1. The second kappa shape index (κ2) is 6.96. The van der Waals surface area contributed by atoms with E-state index >= 15 is 0 Å². The van der Waals surface area contributed by atoms with Crippen molar-refractivity contribution < 1.29 is 4.79 Å². The van der Waals surface area contributed by atoms with Crippen molar-refractivity contribution in [2.45, 2.75) is 12.8 Å². The van der Waals surface area contributed by atoms with E-state index in [2.05, 4.69) is 43.8 Å². The van der Waals surface area contributed by atoms with Crippen LogP contribution in [0.2, 0.25) is 0 Å². The van der Waals surface area contributed by atoms with Crippen LogP contribution in [-0.2, 0) is 4.79 Å². The van der Waals surface area contributed by atoms with E-state index < -0.39 is 0 Å². The quantitative estimate of drug-likeness (QED) is 0.832. The molecule has 2 saturated heterocycles. The van der Waals surface area contributed by atoms with Crippen LogP contribution in [0.15, 0.2) is 30.7 Å². The van der Waals surface area contributed by atoms with Gasteiger partial charge in [0.1, 0.15) is 6.33 Å². The zero-order chi connectivity index (χ0) is 17.2. The number of piperazine rings is 1. The number of hydrogen-bond donors (Lipinski definition) is 0. The minimum absolute atomic E-state index is 0.183. The zero-order valence-electron chi connectivity index (χ0n) is 14.8. The summed E-state index contributed by atoms with van der Waals surface area (Å²) in [6.45, 7) is 5.40. The first-order chi connectivity index (χ1) is 12.2. The van der Waals surface area contributed by atoms with Gasteiger partial charge in [-0.15, -0.1) is 0 Å². The van der Waals surface area contributed by atoms with Crippen LogP contribution in [0.5, 0.6) is 0 Å². The van der Waals surface area contributed by atoms with Crippen molar-refractivity contribution in [1.82, 2.24) is 19.8 Å². The molecule has 0 radical (unpaired) electrons. The number of amides is 1. The number of nitrogens with zero attached hydrogens (tertiary/aromatic N) is 5. The Hall–Kier alpha value is -2.21. The van der Waals surface area contributed by atoms with E-state index in [1.54, 1.807) is 6.33 Å². The number of fused-ring (bicyclic) bond motifs is 1. The Morgan fingerprint density at radius 2 is 2.00 bits per heavy atom. The monoisotopic (exact) mass is 339 g/mol. The Labute approximate surface area is 148 Å². The van der Waals surface area contributed by atoms with Crippen LogP contribution < -0.4 is 4.90 Å². The van der Waals surface area contributed by atoms with Crippen molar-refractivity contribution in [3.63, 3.8) is 0 Å². The molecule has 1 unspecified atom stereocenters. The van der Waals surface area contributed by atoms with Crippen LogP contribution in [0.3, 0.4) is 0 Å². The van der Waals surface area contributed by atoms with Gasteiger partial charge in [-0.1, -0.05) is 0 Å². The van der Waals surface area contributed by atoms with E-state index in [9.17, 15) is 4.79 Å². The Bertz CT molecular complexity index is 756. The maximum Gasteiger partial charge on any atom is 0.227 e. The normalized spacial score (nSPS) is 22.4. The number of aromatic nitrogens is 2. The summed E-state index contributed by atoms with van der Waals surface area (Å²) >= 11 is 0. The summed E-state index contributed by atoms with van der Waals surface area (Å²) in [5, 5.41) is 1.06. The second-order valence-electron chi connectivity index (χ2n) is 7.18. The predicted octanol–water partition coefficient (Wildman–Crippen LogP) is 1.62. The van der Waals surface area contributed by atoms with Crippen LogP contribution in [0.25, 0.3) is 10.9 Å². The highest BCUT2D eigenvalue weighted by atomic mass is 16.2. The first-order valence-corrected chi connectivity index (χ1v) is 9.13. The van der Waals surface area contributed by atoms with E-state index in [0.29, 0.717) is 5.91 Å². The van der Waals surface area contributed by atoms with Gasteiger partial charge < -0.3 is 14.7 Å². The van der Waals surface area contributed by atoms with Crippen LogP contribution in [0.4, 0.5) is 5.69 Å². The fraction of sp³-hybridized carbons (Fsp3) is 0.526. The Morgan fingerprint density at radius 3 is 2.80 bits per heavy atom. The number of rotatable bonds is 2. The van der Waals surface area contributed by atoms with E-state index in [0.717, 1.165) is 63.0 Å². The highest BCUT2D eigenvalue weighted by Crippen LogP contribution is 2.23. The first kappa shape index (κ1) is 16.3. The number of carbonyl (C=O) groups is 1. The summed E-state index contributed by atoms with van der Waals surface area (Å²) in [5.41, 5.74) is 2.15. The van der Waals surface area contributed by atoms with Gasteiger partial charge in [-0.3, -0.25) is 4.79 Å². The van der Waals surface area contributed by atoms with Gasteiger partial charge in [0.2, 0.25) is 5.91 Å². The zero-order valence-corrected chi connectivity index (χ0v) is 14.8. The van der Waals surface area contributed by atoms with Crippen molar-refractivity contribution >= 4 is 22.5 Å². The Kier molecular flexibility index (Phi) is 4.53. The lowest BCUT2D eigenvalue weighted by molar-refractivity contribution is -0.137. The molecule has 4 rings (SSSR count). The fourth-order valence-electron chi connectivity index (χ4n) is 3.98. The molecule has 25 heavy (non-hydrogen) atoms. The van der Waals surface area contributed by atoms with Crippen LogP contribution in [0.1, 0.15) is 12.8 Å². The van der Waals surface area contributed by atoms with Crippen molar-refractivity contribution in [2.75, 3.05) is 51.2 Å². The molecule has 1 amide bonds. The summed E-state index contributed by atoms with van der Waals surface area (Å²) in [4.78, 5) is 27.8. The molecule has 0 saturated carbocycles. The molecule has 2 aliphatic rings. The molecular weight excluding hydrogens is 314 g/mol. The van der Waals surface area contributed by atoms with Gasteiger partial charge >= 0.3 is 0 Å². The lowest BCUT2D eigenvalue weighted by Crippen LogP contribution is -2.52. The smallest absolute Gasteiger partial charge is 0.227 e. The lowest BCUT2D eigenvalue weighted by Gasteiger charge is -2.39. The average Bonchev–Trinajstić information content (AvgIpc) is 2.67. The molecule has 6 heteroatoms. The number of hydrogen-bond acceptors (Lipinski definition) is 5. The van der Waals surface area contributed by atoms with Gasteiger partial charge in [-0.2, -0.15) is 0 Å². The standard InChI is InChI=1S/C19H25N5O/c1-22-6-2-3-15(13-22)19(25)24-9-7-23(8-10-24)17-4-5-18-16(11-17)12-20-14-21-18/h4-5,11-12,14-15H,2-3,6-10,13H2,1H3. The number of benzene rings is 1. The molecule has 1 atom stereocenters. The van der Waals surface area contributed by atoms with E-state index in [-0.39, 0.29) is 5.92 Å². The van der Waals surface area contributed by atoms with Crippen molar-refractivity contribution in [3.05, 3.63) is 30.7 Å². The molecule has 2 fully saturated rings. The van der Waals surface area contributed by atoms with Gasteiger partial charge in [0.25, 0.3) is 0 Å². The van der Waals surface area contributed by atoms with Crippen LogP contribution in [0, 0.1) is 5.92 Å². The third-order valence-corrected chi connectivity index (χ3v) is 5.42. The summed E-state index contributed by atoms with van der Waals surface area (Å²) in [5.74, 6) is 0.529. The maximum atomic E-state index is 12.8. The molecule has 3 heterocycles. The molecule has 0 aliphatic carbocycles. The SMILES string of the molecule is CN1CCCC(C(=O)N2CCN(c3ccc4ncncc4c3)CC2)C1. The van der Waals surface area contributed by atoms with Crippen molar-refractivity contribution in [2.24, 2.45) is 5.92 Å². The Morgan fingerprint density at radius 1 is 1.16 bits per heavy atom. The van der Waals surface area contributed by atoms with E-state index in [4.69, 9.17) is 0 Å². The predicted molar refractivity (Wildman–Crippen MR) is 98.6 cm³/mol. The summed E-state index contributed by atoms with van der Waals surface area (Å²) < 4.78 is 0. The number of likely N-dealkylation sites (tertiary alicyclic amines) is 1. The van der Waals surface area contributed by atoms with E-state index in [1.165, 1.54) is 5.69 Å². The van der Waals surface area contributed by atoms with Crippen molar-refractivity contribution in [3.8, 4) is 0 Å². The minimum Gasteiger partial charge on any atom is -0.368 e. The number of piperidine rings is 1. The lowest BCUT2D eigenvalue weighted by atomic mass is 9.96. The van der Waals surface area contributed by atoms with Gasteiger partial charge in [-0.25, -0.2) is 9.97 Å². The molecule has 1 aromatic heterocycles. The topological polar surface area (TPSA) is 52.6 Å². The van der Waals surface area contributed by atoms with Gasteiger partial charge in [0.05, 0.1) is 11.4 Å². The average molecular weight is 339 g/mol. The molecular formula is C19H25N5O. The number of anilines is 1. The largest absolute Gasteiger partial charge is 0.368 e. The fourth-order valence-corrected chi connectivity index (χ4v) is 3.98. The Balaban J connectivity index is 1.39. The van der Waals surface area contributed by atoms with Crippen LogP contribution >= 0.6 is 0 Å². The third kappa shape index (κ3) is 3.44. The minimum atomic E-state index is 0.183. The first-order valence-electron chi connectivity index (χ1n) is 9.13. The molecule has 132 valence electrons. The van der Waals surface area contributed by atoms with Gasteiger partial charge in [0, 0.05) is 50.0 Å². The molecule has 0 bridgehead atoms. The molecule has 1 aromatic carbocycles. The van der Waals surface area contributed by atoms with Gasteiger partial charge in [-0.05, 0) is 44.6 Å². The summed E-state index contributed by atoms with van der Waals surface area (Å²) in [6, 6.07) is 6.30.